The highest BCUT2D eigenvalue weighted by Crippen LogP contribution is 2.55. The zero-order chi connectivity index (χ0) is 15.0. The molecule has 2 unspecified atom stereocenters. The Balaban J connectivity index is 2.08. The van der Waals surface area contributed by atoms with E-state index in [1.165, 1.54) is 24.8 Å². The third-order valence-corrected chi connectivity index (χ3v) is 6.04. The summed E-state index contributed by atoms with van der Waals surface area (Å²) >= 11 is 0. The monoisotopic (exact) mass is 284 g/mol. The lowest BCUT2D eigenvalue weighted by Crippen LogP contribution is -2.34. The lowest BCUT2D eigenvalue weighted by Gasteiger charge is -2.46. The molecule has 21 heavy (non-hydrogen) atoms. The van der Waals surface area contributed by atoms with Gasteiger partial charge in [0.2, 0.25) is 0 Å². The Morgan fingerprint density at radius 2 is 2.05 bits per heavy atom. The number of hydrogen-bond acceptors (Lipinski definition) is 1. The second-order valence-corrected chi connectivity index (χ2v) is 7.14. The SMILES string of the molecule is CC/C=C1/C2=C(CCC1CC)C1(C)CCC(=O)C=C1CC2. The molecule has 1 heteroatoms. The number of carbonyl (C=O) groups is 1. The predicted molar refractivity (Wildman–Crippen MR) is 88.1 cm³/mol. The molecule has 0 heterocycles. The van der Waals surface area contributed by atoms with Crippen LogP contribution < -0.4 is 0 Å². The normalized spacial score (nSPS) is 34.6. The van der Waals surface area contributed by atoms with Crippen LogP contribution >= 0.6 is 0 Å². The summed E-state index contributed by atoms with van der Waals surface area (Å²) < 4.78 is 0. The van der Waals surface area contributed by atoms with Crippen LogP contribution in [0.2, 0.25) is 0 Å². The van der Waals surface area contributed by atoms with Crippen LogP contribution in [0.25, 0.3) is 0 Å². The topological polar surface area (TPSA) is 17.1 Å². The van der Waals surface area contributed by atoms with E-state index in [-0.39, 0.29) is 5.41 Å². The van der Waals surface area contributed by atoms with Crippen LogP contribution in [-0.2, 0) is 4.79 Å². The summed E-state index contributed by atoms with van der Waals surface area (Å²) in [6.45, 7) is 6.98. The molecular formula is C20H28O. The van der Waals surface area contributed by atoms with Crippen LogP contribution in [0.15, 0.2) is 34.4 Å². The van der Waals surface area contributed by atoms with E-state index in [4.69, 9.17) is 0 Å². The first kappa shape index (κ1) is 14.8. The van der Waals surface area contributed by atoms with E-state index in [1.54, 1.807) is 16.7 Å². The van der Waals surface area contributed by atoms with E-state index in [1.807, 2.05) is 6.08 Å². The first-order chi connectivity index (χ1) is 10.1. The highest BCUT2D eigenvalue weighted by Gasteiger charge is 2.43. The zero-order valence-electron chi connectivity index (χ0n) is 13.8. The lowest BCUT2D eigenvalue weighted by atomic mass is 9.58. The third kappa shape index (κ3) is 2.35. The van der Waals surface area contributed by atoms with Crippen LogP contribution in [0.3, 0.4) is 0 Å². The van der Waals surface area contributed by atoms with E-state index < -0.39 is 0 Å². The Kier molecular flexibility index (Phi) is 3.94. The number of allylic oxidation sites excluding steroid dienone is 6. The molecule has 0 amide bonds. The van der Waals surface area contributed by atoms with Gasteiger partial charge in [-0.05, 0) is 68.1 Å². The van der Waals surface area contributed by atoms with Crippen molar-refractivity contribution in [3.05, 3.63) is 34.4 Å². The minimum absolute atomic E-state index is 0.188. The first-order valence-corrected chi connectivity index (χ1v) is 8.77. The van der Waals surface area contributed by atoms with Gasteiger partial charge in [0.05, 0.1) is 0 Å². The fourth-order valence-corrected chi connectivity index (χ4v) is 4.80. The van der Waals surface area contributed by atoms with Crippen LogP contribution in [-0.4, -0.2) is 5.78 Å². The number of ketones is 1. The van der Waals surface area contributed by atoms with E-state index in [2.05, 4.69) is 26.8 Å². The average molecular weight is 284 g/mol. The number of carbonyl (C=O) groups excluding carboxylic acids is 1. The average Bonchev–Trinajstić information content (AvgIpc) is 2.48. The summed E-state index contributed by atoms with van der Waals surface area (Å²) in [6, 6.07) is 0. The number of hydrogen-bond donors (Lipinski definition) is 0. The molecule has 0 spiro atoms. The number of fused-ring (bicyclic) bond motifs is 2. The van der Waals surface area contributed by atoms with Crippen molar-refractivity contribution in [2.24, 2.45) is 11.3 Å². The molecule has 0 bridgehead atoms. The molecule has 3 aliphatic rings. The van der Waals surface area contributed by atoms with Gasteiger partial charge in [-0.1, -0.05) is 38.0 Å². The van der Waals surface area contributed by atoms with Crippen molar-refractivity contribution in [1.29, 1.82) is 0 Å². The molecule has 0 fully saturated rings. The van der Waals surface area contributed by atoms with Gasteiger partial charge < -0.3 is 0 Å². The molecule has 0 saturated heterocycles. The van der Waals surface area contributed by atoms with E-state index >= 15 is 0 Å². The fraction of sp³-hybridized carbons (Fsp3) is 0.650. The highest BCUT2D eigenvalue weighted by molar-refractivity contribution is 5.92. The standard InChI is InChI=1S/C20H28O/c1-4-6-17-14(5-2)7-10-19-18(17)9-8-15-13-16(21)11-12-20(15,19)3/h6,13-14H,4-5,7-12H2,1-3H3/b17-6+. The van der Waals surface area contributed by atoms with Crippen LogP contribution in [0.4, 0.5) is 0 Å². The summed E-state index contributed by atoms with van der Waals surface area (Å²) in [5.41, 5.74) is 6.61. The van der Waals surface area contributed by atoms with Crippen molar-refractivity contribution in [2.45, 2.75) is 72.1 Å². The first-order valence-electron chi connectivity index (χ1n) is 8.77. The fourth-order valence-electron chi connectivity index (χ4n) is 4.80. The van der Waals surface area contributed by atoms with Crippen LogP contribution in [0, 0.1) is 11.3 Å². The Morgan fingerprint density at radius 3 is 2.76 bits per heavy atom. The van der Waals surface area contributed by atoms with Gasteiger partial charge in [-0.2, -0.15) is 0 Å². The second kappa shape index (κ2) is 5.59. The smallest absolute Gasteiger partial charge is 0.155 e. The van der Waals surface area contributed by atoms with Crippen molar-refractivity contribution in [3.63, 3.8) is 0 Å². The summed E-state index contributed by atoms with van der Waals surface area (Å²) in [5, 5.41) is 0. The summed E-state index contributed by atoms with van der Waals surface area (Å²) in [6.07, 6.45) is 13.4. The van der Waals surface area contributed by atoms with Gasteiger partial charge in [0.25, 0.3) is 0 Å². The van der Waals surface area contributed by atoms with Gasteiger partial charge in [-0.25, -0.2) is 0 Å². The Labute approximate surface area is 129 Å². The predicted octanol–water partition coefficient (Wildman–Crippen LogP) is 5.53. The van der Waals surface area contributed by atoms with Crippen molar-refractivity contribution in [3.8, 4) is 0 Å². The Morgan fingerprint density at radius 1 is 1.24 bits per heavy atom. The Bertz CT molecular complexity index is 546. The minimum atomic E-state index is 0.188. The van der Waals surface area contributed by atoms with Gasteiger partial charge in [0.1, 0.15) is 0 Å². The van der Waals surface area contributed by atoms with Gasteiger partial charge in [-0.15, -0.1) is 0 Å². The van der Waals surface area contributed by atoms with Crippen LogP contribution in [0.1, 0.15) is 72.1 Å². The zero-order valence-corrected chi connectivity index (χ0v) is 13.8. The van der Waals surface area contributed by atoms with Crippen molar-refractivity contribution in [2.75, 3.05) is 0 Å². The van der Waals surface area contributed by atoms with Crippen molar-refractivity contribution in [1.82, 2.24) is 0 Å². The lowest BCUT2D eigenvalue weighted by molar-refractivity contribution is -0.115. The molecule has 114 valence electrons. The van der Waals surface area contributed by atoms with E-state index in [0.29, 0.717) is 5.78 Å². The minimum Gasteiger partial charge on any atom is -0.295 e. The molecule has 0 N–H and O–H groups in total. The maximum Gasteiger partial charge on any atom is 0.155 e. The Hall–Kier alpha value is -1.11. The summed E-state index contributed by atoms with van der Waals surface area (Å²) in [7, 11) is 0. The quantitative estimate of drug-likeness (QED) is 0.651. The van der Waals surface area contributed by atoms with Gasteiger partial charge >= 0.3 is 0 Å². The molecule has 3 rings (SSSR count). The van der Waals surface area contributed by atoms with Gasteiger partial charge in [0.15, 0.2) is 5.78 Å². The van der Waals surface area contributed by atoms with E-state index in [0.717, 1.165) is 38.0 Å². The molecule has 2 atom stereocenters. The number of rotatable bonds is 2. The van der Waals surface area contributed by atoms with Gasteiger partial charge in [-0.3, -0.25) is 4.79 Å². The highest BCUT2D eigenvalue weighted by atomic mass is 16.1. The maximum atomic E-state index is 11.8. The van der Waals surface area contributed by atoms with Crippen LogP contribution in [0.5, 0.6) is 0 Å². The molecule has 1 nitrogen and oxygen atoms in total. The molecule has 0 aromatic heterocycles. The molecule has 3 aliphatic carbocycles. The summed E-state index contributed by atoms with van der Waals surface area (Å²) in [5.74, 6) is 1.11. The van der Waals surface area contributed by atoms with E-state index in [9.17, 15) is 4.79 Å². The maximum absolute atomic E-state index is 11.8. The van der Waals surface area contributed by atoms with Crippen molar-refractivity contribution >= 4 is 5.78 Å². The molecule has 0 aliphatic heterocycles. The van der Waals surface area contributed by atoms with Gasteiger partial charge in [0, 0.05) is 11.8 Å². The molecule has 0 aromatic carbocycles. The molecule has 0 radical (unpaired) electrons. The molecule has 0 saturated carbocycles. The molecular weight excluding hydrogens is 256 g/mol. The largest absolute Gasteiger partial charge is 0.295 e. The van der Waals surface area contributed by atoms with Crippen molar-refractivity contribution < 1.29 is 4.79 Å². The summed E-state index contributed by atoms with van der Waals surface area (Å²) in [4.78, 5) is 11.8. The second-order valence-electron chi connectivity index (χ2n) is 7.14. The third-order valence-electron chi connectivity index (χ3n) is 6.04. The molecule has 0 aromatic rings.